The van der Waals surface area contributed by atoms with Crippen LogP contribution in [0.2, 0.25) is 0 Å². The number of Topliss-reactive ketones (excluding diaryl/α,β-unsaturated/α-hetero) is 1. The molecule has 4 rings (SSSR count). The highest BCUT2D eigenvalue weighted by Gasteiger charge is 2.43. The third-order valence-electron chi connectivity index (χ3n) is 9.82. The number of para-hydroxylation sites is 2. The van der Waals surface area contributed by atoms with Gasteiger partial charge in [0.2, 0.25) is 11.6 Å². The zero-order chi connectivity index (χ0) is 36.7. The number of hydrogen-bond acceptors (Lipinski definition) is 7. The van der Waals surface area contributed by atoms with Gasteiger partial charge in [-0.1, -0.05) is 62.7 Å². The largest absolute Gasteiger partial charge is 0.379 e. The molecule has 1 N–H and O–H groups in total. The molecule has 0 atom stereocenters. The van der Waals surface area contributed by atoms with Crippen molar-refractivity contribution in [1.82, 2.24) is 5.32 Å². The molecule has 2 aliphatic heterocycles. The van der Waals surface area contributed by atoms with Gasteiger partial charge in [0.1, 0.15) is 12.8 Å². The molecular formula is C42H60N3O6+. The molecular weight excluding hydrogens is 642 g/mol. The number of allylic oxidation sites excluding steroid dienone is 4. The summed E-state index contributed by atoms with van der Waals surface area (Å²) in [6.45, 7) is 15.9. The van der Waals surface area contributed by atoms with E-state index in [-0.39, 0.29) is 22.5 Å². The highest BCUT2D eigenvalue weighted by atomic mass is 16.6. The molecule has 0 bridgehead atoms. The van der Waals surface area contributed by atoms with E-state index in [0.717, 1.165) is 25.8 Å². The van der Waals surface area contributed by atoms with Crippen LogP contribution in [0.5, 0.6) is 0 Å². The molecule has 9 heteroatoms. The topological polar surface area (TPSA) is 89.3 Å². The van der Waals surface area contributed by atoms with Crippen LogP contribution < -0.4 is 10.2 Å². The van der Waals surface area contributed by atoms with Crippen LogP contribution in [0, 0.1) is 0 Å². The Morgan fingerprint density at radius 1 is 0.745 bits per heavy atom. The van der Waals surface area contributed by atoms with Gasteiger partial charge in [0.15, 0.2) is 5.71 Å². The molecule has 0 spiro atoms. The molecule has 0 unspecified atom stereocenters. The Balaban J connectivity index is 1.12. The molecule has 278 valence electrons. The minimum absolute atomic E-state index is 0.0603. The number of ether oxygens (including phenoxy) is 4. The lowest BCUT2D eigenvalue weighted by Gasteiger charge is -2.27. The second-order valence-corrected chi connectivity index (χ2v) is 14.4. The van der Waals surface area contributed by atoms with Gasteiger partial charge in [-0.25, -0.2) is 0 Å². The molecule has 0 aromatic heterocycles. The van der Waals surface area contributed by atoms with E-state index in [1.807, 2.05) is 0 Å². The van der Waals surface area contributed by atoms with Crippen molar-refractivity contribution in [2.75, 3.05) is 77.9 Å². The minimum Gasteiger partial charge on any atom is -0.379 e. The predicted octanol–water partition coefficient (Wildman–Crippen LogP) is 6.65. The van der Waals surface area contributed by atoms with Crippen molar-refractivity contribution in [1.29, 1.82) is 0 Å². The third-order valence-corrected chi connectivity index (χ3v) is 9.82. The fourth-order valence-electron chi connectivity index (χ4n) is 6.98. The molecule has 9 nitrogen and oxygen atoms in total. The zero-order valence-corrected chi connectivity index (χ0v) is 31.8. The van der Waals surface area contributed by atoms with Gasteiger partial charge in [-0.05, 0) is 51.3 Å². The smallest absolute Gasteiger partial charge is 0.220 e. The molecule has 2 aromatic carbocycles. The van der Waals surface area contributed by atoms with Gasteiger partial charge in [0, 0.05) is 60.4 Å². The quantitative estimate of drug-likeness (QED) is 0.103. The fourth-order valence-corrected chi connectivity index (χ4v) is 6.98. The van der Waals surface area contributed by atoms with Gasteiger partial charge in [0.05, 0.1) is 58.3 Å². The van der Waals surface area contributed by atoms with Crippen LogP contribution in [0.15, 0.2) is 72.5 Å². The first-order chi connectivity index (χ1) is 24.5. The molecule has 0 radical (unpaired) electrons. The van der Waals surface area contributed by atoms with E-state index < -0.39 is 0 Å². The van der Waals surface area contributed by atoms with Gasteiger partial charge in [-0.2, -0.15) is 4.58 Å². The molecule has 1 amide bonds. The monoisotopic (exact) mass is 702 g/mol. The van der Waals surface area contributed by atoms with E-state index in [1.165, 1.54) is 33.9 Å². The first-order valence-corrected chi connectivity index (χ1v) is 18.6. The van der Waals surface area contributed by atoms with E-state index in [0.29, 0.717) is 72.2 Å². The second kappa shape index (κ2) is 19.8. The standard InChI is InChI=1S/C42H59N3O6/c1-33(46)22-25-48-27-29-50-31-32-51-30-28-49-26-23-43-40(47)21-8-7-13-24-45-37-18-12-10-16-35(37)42(4,5)39(45)20-14-19-38-41(2,3)34-15-9-11-17-36(34)44(38)6/h9-12,14-20H,7-8,13,21-32H2,1-6H3/p+1. The average molecular weight is 703 g/mol. The first kappa shape index (κ1) is 40.1. The lowest BCUT2D eigenvalue weighted by molar-refractivity contribution is -0.401. The van der Waals surface area contributed by atoms with Crippen molar-refractivity contribution in [2.45, 2.75) is 77.6 Å². The number of anilines is 1. The lowest BCUT2D eigenvalue weighted by atomic mass is 9.81. The molecule has 0 saturated heterocycles. The van der Waals surface area contributed by atoms with Crippen LogP contribution >= 0.6 is 0 Å². The predicted molar refractivity (Wildman–Crippen MR) is 204 cm³/mol. The fraction of sp³-hybridized carbons (Fsp3) is 0.548. The number of fused-ring (bicyclic) bond motifs is 2. The van der Waals surface area contributed by atoms with Crippen LogP contribution in [0.1, 0.15) is 77.8 Å². The summed E-state index contributed by atoms with van der Waals surface area (Å²) in [7, 11) is 2.16. The first-order valence-electron chi connectivity index (χ1n) is 18.6. The average Bonchev–Trinajstić information content (AvgIpc) is 3.44. The van der Waals surface area contributed by atoms with Gasteiger partial charge >= 0.3 is 0 Å². The number of nitrogens with zero attached hydrogens (tertiary/aromatic N) is 2. The second-order valence-electron chi connectivity index (χ2n) is 14.4. The summed E-state index contributed by atoms with van der Waals surface area (Å²) in [5, 5.41) is 2.96. The summed E-state index contributed by atoms with van der Waals surface area (Å²) in [6, 6.07) is 17.4. The van der Waals surface area contributed by atoms with E-state index in [4.69, 9.17) is 18.9 Å². The molecule has 0 saturated carbocycles. The van der Waals surface area contributed by atoms with Crippen LogP contribution in [0.3, 0.4) is 0 Å². The van der Waals surface area contributed by atoms with Crippen molar-refractivity contribution >= 4 is 28.8 Å². The van der Waals surface area contributed by atoms with Gasteiger partial charge in [0.25, 0.3) is 0 Å². The maximum atomic E-state index is 12.4. The molecule has 0 fully saturated rings. The summed E-state index contributed by atoms with van der Waals surface area (Å²) < 4.78 is 24.1. The molecule has 0 aliphatic carbocycles. The SMILES string of the molecule is CC(=O)CCOCCOCCOCCOCCNC(=O)CCCCCN1/C(=C/C=C/C2=[N+](C)c3ccccc3C2(C)C)C(C)(C)c2ccccc21. The van der Waals surface area contributed by atoms with Gasteiger partial charge in [-0.15, -0.1) is 0 Å². The van der Waals surface area contributed by atoms with Crippen LogP contribution in [0.25, 0.3) is 0 Å². The number of rotatable bonds is 23. The number of carbonyl (C=O) groups is 2. The summed E-state index contributed by atoms with van der Waals surface area (Å²) in [6.07, 6.45) is 10.6. The molecule has 51 heavy (non-hydrogen) atoms. The Hall–Kier alpha value is -3.63. The highest BCUT2D eigenvalue weighted by Crippen LogP contribution is 2.47. The van der Waals surface area contributed by atoms with Gasteiger partial charge < -0.3 is 29.2 Å². The van der Waals surface area contributed by atoms with Crippen molar-refractivity contribution in [3.8, 4) is 0 Å². The Labute approximate surface area is 305 Å². The number of nitrogens with one attached hydrogen (secondary N) is 1. The van der Waals surface area contributed by atoms with Crippen molar-refractivity contribution in [3.05, 3.63) is 83.6 Å². The Bertz CT molecular complexity index is 1540. The number of benzene rings is 2. The maximum Gasteiger partial charge on any atom is 0.220 e. The number of carbonyl (C=O) groups excluding carboxylic acids is 2. The minimum atomic E-state index is -0.109. The van der Waals surface area contributed by atoms with Crippen LogP contribution in [-0.2, 0) is 39.4 Å². The summed E-state index contributed by atoms with van der Waals surface area (Å²) >= 11 is 0. The number of unbranched alkanes of at least 4 members (excludes halogenated alkanes) is 2. The van der Waals surface area contributed by atoms with Crippen molar-refractivity contribution in [3.63, 3.8) is 0 Å². The lowest BCUT2D eigenvalue weighted by Crippen LogP contribution is -2.28. The van der Waals surface area contributed by atoms with E-state index >= 15 is 0 Å². The third kappa shape index (κ3) is 11.2. The Morgan fingerprint density at radius 2 is 1.35 bits per heavy atom. The molecule has 2 aromatic rings. The number of ketones is 1. The molecule has 2 aliphatic rings. The summed E-state index contributed by atoms with van der Waals surface area (Å²) in [5.41, 5.74) is 7.69. The van der Waals surface area contributed by atoms with E-state index in [2.05, 4.69) is 116 Å². The normalized spacial score (nSPS) is 16.7. The summed E-state index contributed by atoms with van der Waals surface area (Å²) in [5.74, 6) is 0.190. The number of amides is 1. The van der Waals surface area contributed by atoms with Crippen LogP contribution in [0.4, 0.5) is 11.4 Å². The van der Waals surface area contributed by atoms with Crippen molar-refractivity contribution < 1.29 is 33.1 Å². The zero-order valence-electron chi connectivity index (χ0n) is 31.8. The van der Waals surface area contributed by atoms with E-state index in [9.17, 15) is 9.59 Å². The highest BCUT2D eigenvalue weighted by molar-refractivity contribution is 6.03. The number of hydrogen-bond donors (Lipinski definition) is 1. The molecule has 2 heterocycles. The Kier molecular flexibility index (Phi) is 15.6. The maximum absolute atomic E-state index is 12.4. The Morgan fingerprint density at radius 3 is 2.02 bits per heavy atom. The van der Waals surface area contributed by atoms with Crippen LogP contribution in [-0.4, -0.2) is 95.0 Å². The van der Waals surface area contributed by atoms with Crippen molar-refractivity contribution in [2.24, 2.45) is 0 Å². The van der Waals surface area contributed by atoms with Gasteiger partial charge in [-0.3, -0.25) is 9.59 Å². The summed E-state index contributed by atoms with van der Waals surface area (Å²) in [4.78, 5) is 25.7. The van der Waals surface area contributed by atoms with E-state index in [1.54, 1.807) is 6.92 Å².